The predicted molar refractivity (Wildman–Crippen MR) is 84.8 cm³/mol. The molecule has 0 aliphatic rings. The van der Waals surface area contributed by atoms with Crippen molar-refractivity contribution < 1.29 is 24.1 Å². The van der Waals surface area contributed by atoms with Gasteiger partial charge in [0.1, 0.15) is 0 Å². The Bertz CT molecular complexity index is 632. The zero-order chi connectivity index (χ0) is 17.0. The molecule has 2 aromatic heterocycles. The highest BCUT2D eigenvalue weighted by molar-refractivity contribution is 5.69. The molecule has 0 amide bonds. The number of allylic oxidation sites excluding steroid dienone is 1. The van der Waals surface area contributed by atoms with E-state index < -0.39 is 18.1 Å². The van der Waals surface area contributed by atoms with Crippen LogP contribution in [0.1, 0.15) is 29.6 Å². The van der Waals surface area contributed by atoms with E-state index in [1.807, 2.05) is 50.5 Å². The Morgan fingerprint density at radius 2 is 1.35 bits per heavy atom. The first-order valence-corrected chi connectivity index (χ1v) is 7.44. The molecule has 2 aromatic rings. The molecule has 0 saturated heterocycles. The van der Waals surface area contributed by atoms with Crippen molar-refractivity contribution in [2.75, 3.05) is 0 Å². The van der Waals surface area contributed by atoms with Crippen LogP contribution in [0.4, 0.5) is 0 Å². The lowest BCUT2D eigenvalue weighted by Gasteiger charge is -2.14. The molecule has 5 nitrogen and oxygen atoms in total. The number of pyridine rings is 2. The Hall–Kier alpha value is -2.69. The number of hydrogen-bond acceptors (Lipinski definition) is 2. The summed E-state index contributed by atoms with van der Waals surface area (Å²) < 4.78 is 3.42. The number of aromatic nitrogens is 2. The summed E-state index contributed by atoms with van der Waals surface area (Å²) in [6.45, 7) is 7.52. The van der Waals surface area contributed by atoms with E-state index in [0.29, 0.717) is 0 Å². The van der Waals surface area contributed by atoms with Gasteiger partial charge in [-0.25, -0.2) is 4.79 Å². The van der Waals surface area contributed by atoms with Gasteiger partial charge in [0, 0.05) is 24.3 Å². The zero-order valence-corrected chi connectivity index (χ0v) is 13.4. The van der Waals surface area contributed by atoms with Crippen LogP contribution in [0.5, 0.6) is 0 Å². The van der Waals surface area contributed by atoms with Crippen LogP contribution in [0, 0.1) is 13.8 Å². The third-order valence-electron chi connectivity index (χ3n) is 3.87. The SMILES string of the molecule is C=C(O)C(CC(C(=O)O)[n+]1ccc(C)cc1)[n+]1ccc(C)cc1. The molecule has 0 aliphatic heterocycles. The monoisotopic (exact) mass is 314 g/mol. The molecular formula is C18H22N2O3+2. The summed E-state index contributed by atoms with van der Waals surface area (Å²) in [7, 11) is 0. The molecule has 120 valence electrons. The Kier molecular flexibility index (Phi) is 5.11. The minimum atomic E-state index is -0.946. The minimum absolute atomic E-state index is 0.0576. The number of nitrogens with zero attached hydrogens (tertiary/aromatic N) is 2. The number of aliphatic hydroxyl groups is 1. The highest BCUT2D eigenvalue weighted by Crippen LogP contribution is 2.19. The van der Waals surface area contributed by atoms with Gasteiger partial charge in [-0.15, -0.1) is 0 Å². The molecule has 0 spiro atoms. The second-order valence-electron chi connectivity index (χ2n) is 5.74. The van der Waals surface area contributed by atoms with E-state index in [1.54, 1.807) is 21.5 Å². The van der Waals surface area contributed by atoms with Crippen LogP contribution >= 0.6 is 0 Å². The van der Waals surface area contributed by atoms with Gasteiger partial charge in [0.15, 0.2) is 30.5 Å². The van der Waals surface area contributed by atoms with Crippen molar-refractivity contribution in [1.29, 1.82) is 0 Å². The normalized spacial score (nSPS) is 13.3. The third-order valence-corrected chi connectivity index (χ3v) is 3.87. The Balaban J connectivity index is 2.31. The van der Waals surface area contributed by atoms with Crippen LogP contribution in [0.2, 0.25) is 0 Å². The zero-order valence-electron chi connectivity index (χ0n) is 13.4. The van der Waals surface area contributed by atoms with Crippen molar-refractivity contribution in [1.82, 2.24) is 0 Å². The number of carboxylic acid groups (broad SMARTS) is 1. The van der Waals surface area contributed by atoms with Crippen LogP contribution < -0.4 is 9.13 Å². The quantitative estimate of drug-likeness (QED) is 0.634. The fourth-order valence-electron chi connectivity index (χ4n) is 2.43. The summed E-state index contributed by atoms with van der Waals surface area (Å²) in [5.41, 5.74) is 2.15. The average Bonchev–Trinajstić information content (AvgIpc) is 2.50. The fraction of sp³-hybridized carbons (Fsp3) is 0.278. The number of rotatable bonds is 6. The number of aryl methyl sites for hydroxylation is 2. The largest absolute Gasteiger partial charge is 0.506 e. The second kappa shape index (κ2) is 7.05. The molecule has 0 aliphatic carbocycles. The first-order chi connectivity index (χ1) is 10.9. The maximum atomic E-state index is 11.7. The molecule has 2 atom stereocenters. The lowest BCUT2D eigenvalue weighted by Crippen LogP contribution is -2.48. The summed E-state index contributed by atoms with van der Waals surface area (Å²) >= 11 is 0. The highest BCUT2D eigenvalue weighted by atomic mass is 16.4. The summed E-state index contributed by atoms with van der Waals surface area (Å²) in [4.78, 5) is 11.7. The van der Waals surface area contributed by atoms with Crippen LogP contribution in [-0.2, 0) is 4.79 Å². The van der Waals surface area contributed by atoms with Crippen molar-refractivity contribution in [2.45, 2.75) is 32.4 Å². The summed E-state index contributed by atoms with van der Waals surface area (Å²) in [6, 6.07) is 6.23. The number of aliphatic carboxylic acids is 1. The van der Waals surface area contributed by atoms with Gasteiger partial charge in [-0.2, -0.15) is 9.13 Å². The van der Waals surface area contributed by atoms with Crippen molar-refractivity contribution in [3.8, 4) is 0 Å². The second-order valence-corrected chi connectivity index (χ2v) is 5.74. The van der Waals surface area contributed by atoms with E-state index in [0.717, 1.165) is 11.1 Å². The van der Waals surface area contributed by atoms with Gasteiger partial charge in [0.2, 0.25) is 6.04 Å². The smallest absolute Gasteiger partial charge is 0.373 e. The van der Waals surface area contributed by atoms with Gasteiger partial charge in [-0.1, -0.05) is 6.58 Å². The van der Waals surface area contributed by atoms with E-state index in [9.17, 15) is 15.0 Å². The number of carbonyl (C=O) groups is 1. The number of carboxylic acids is 1. The van der Waals surface area contributed by atoms with Crippen molar-refractivity contribution >= 4 is 5.97 Å². The molecule has 0 fully saturated rings. The molecule has 2 rings (SSSR count). The van der Waals surface area contributed by atoms with Gasteiger partial charge in [-0.05, 0) is 25.0 Å². The molecule has 2 unspecified atom stereocenters. The van der Waals surface area contributed by atoms with Gasteiger partial charge >= 0.3 is 5.97 Å². The Morgan fingerprint density at radius 1 is 0.957 bits per heavy atom. The molecule has 2 N–H and O–H groups in total. The first kappa shape index (κ1) is 16.7. The summed E-state index contributed by atoms with van der Waals surface area (Å²) in [6.07, 6.45) is 7.32. The number of aliphatic hydroxyl groups excluding tert-OH is 1. The van der Waals surface area contributed by atoms with Gasteiger partial charge in [0.05, 0.1) is 6.42 Å². The lowest BCUT2D eigenvalue weighted by molar-refractivity contribution is -0.746. The van der Waals surface area contributed by atoms with Crippen LogP contribution in [0.15, 0.2) is 61.4 Å². The van der Waals surface area contributed by atoms with Crippen LogP contribution in [0.25, 0.3) is 0 Å². The molecule has 0 aromatic carbocycles. The predicted octanol–water partition coefficient (Wildman–Crippen LogP) is 2.21. The van der Waals surface area contributed by atoms with Crippen molar-refractivity contribution in [3.05, 3.63) is 72.5 Å². The molecule has 23 heavy (non-hydrogen) atoms. The molecule has 5 heteroatoms. The average molecular weight is 314 g/mol. The van der Waals surface area contributed by atoms with Crippen LogP contribution in [-0.4, -0.2) is 16.2 Å². The third kappa shape index (κ3) is 4.16. The minimum Gasteiger partial charge on any atom is -0.506 e. The molecule has 0 bridgehead atoms. The van der Waals surface area contributed by atoms with E-state index in [1.165, 1.54) is 0 Å². The Labute approximate surface area is 135 Å². The molecular weight excluding hydrogens is 292 g/mol. The standard InChI is InChI=1S/C18H20N2O3/c1-13-4-8-19(9-5-13)16(15(3)21)12-17(18(22)23)20-10-6-14(2)7-11-20/h4-11,16-17H,3,12H2,1-2H3/p+2. The van der Waals surface area contributed by atoms with Crippen molar-refractivity contribution in [2.24, 2.45) is 0 Å². The Morgan fingerprint density at radius 3 is 1.70 bits per heavy atom. The molecule has 0 radical (unpaired) electrons. The molecule has 2 heterocycles. The number of hydrogen-bond donors (Lipinski definition) is 2. The van der Waals surface area contributed by atoms with Crippen LogP contribution in [0.3, 0.4) is 0 Å². The van der Waals surface area contributed by atoms with Gasteiger partial charge in [-0.3, -0.25) is 0 Å². The van der Waals surface area contributed by atoms with E-state index in [4.69, 9.17) is 0 Å². The first-order valence-electron chi connectivity index (χ1n) is 7.44. The van der Waals surface area contributed by atoms with Gasteiger partial charge < -0.3 is 10.2 Å². The lowest BCUT2D eigenvalue weighted by atomic mass is 10.0. The van der Waals surface area contributed by atoms with E-state index in [2.05, 4.69) is 6.58 Å². The fourth-order valence-corrected chi connectivity index (χ4v) is 2.43. The highest BCUT2D eigenvalue weighted by Gasteiger charge is 2.36. The van der Waals surface area contributed by atoms with Gasteiger partial charge in [0.25, 0.3) is 6.04 Å². The topological polar surface area (TPSA) is 65.3 Å². The maximum Gasteiger partial charge on any atom is 0.373 e. The maximum absolute atomic E-state index is 11.7. The van der Waals surface area contributed by atoms with E-state index >= 15 is 0 Å². The molecule has 0 saturated carbocycles. The van der Waals surface area contributed by atoms with E-state index in [-0.39, 0.29) is 12.2 Å². The van der Waals surface area contributed by atoms with Crippen molar-refractivity contribution in [3.63, 3.8) is 0 Å². The summed E-state index contributed by atoms with van der Waals surface area (Å²) in [5, 5.41) is 19.5. The summed E-state index contributed by atoms with van der Waals surface area (Å²) in [5.74, 6) is -1.00.